The summed E-state index contributed by atoms with van der Waals surface area (Å²) in [6, 6.07) is 0. The maximum Gasteiger partial charge on any atom is 0.308 e. The van der Waals surface area contributed by atoms with Gasteiger partial charge in [0.05, 0.1) is 40.3 Å². The van der Waals surface area contributed by atoms with Crippen molar-refractivity contribution in [1.82, 2.24) is 0 Å². The molecule has 0 saturated carbocycles. The quantitative estimate of drug-likeness (QED) is 0.0377. The molecule has 0 radical (unpaired) electrons. The van der Waals surface area contributed by atoms with Crippen LogP contribution in [0.2, 0.25) is 0 Å². The predicted molar refractivity (Wildman–Crippen MR) is 200 cm³/mol. The summed E-state index contributed by atoms with van der Waals surface area (Å²) in [7, 11) is 6.34. The third-order valence-electron chi connectivity index (χ3n) is 9.22. The van der Waals surface area contributed by atoms with Crippen LogP contribution in [0.4, 0.5) is 0 Å². The van der Waals surface area contributed by atoms with Gasteiger partial charge in [0.15, 0.2) is 0 Å². The lowest BCUT2D eigenvalue weighted by Crippen LogP contribution is -2.38. The summed E-state index contributed by atoms with van der Waals surface area (Å²) in [5.74, 6) is -0.167. The van der Waals surface area contributed by atoms with Gasteiger partial charge in [-0.05, 0) is 12.8 Å². The topological polar surface area (TPSA) is 44.8 Å². The Kier molecular flexibility index (Phi) is 35.1. The third-order valence-corrected chi connectivity index (χ3v) is 9.22. The molecule has 0 spiro atoms. The number of unbranched alkanes of at least 4 members (excludes halogenated alkanes) is 26. The van der Waals surface area contributed by atoms with Gasteiger partial charge in [-0.2, -0.15) is 0 Å². The van der Waals surface area contributed by atoms with E-state index in [4.69, 9.17) is 14.2 Å². The molecule has 0 aromatic rings. The molecule has 5 heteroatoms. The Labute approximate surface area is 289 Å². The van der Waals surface area contributed by atoms with Gasteiger partial charge < -0.3 is 18.7 Å². The van der Waals surface area contributed by atoms with Crippen molar-refractivity contribution in [2.45, 2.75) is 206 Å². The van der Waals surface area contributed by atoms with Crippen LogP contribution in [0.5, 0.6) is 0 Å². The number of carbonyl (C=O) groups excluding carboxylic acids is 1. The van der Waals surface area contributed by atoms with Gasteiger partial charge in [0.2, 0.25) is 0 Å². The lowest BCUT2D eigenvalue weighted by atomic mass is 10.0. The maximum absolute atomic E-state index is 12.5. The predicted octanol–water partition coefficient (Wildman–Crippen LogP) is 12.0. The van der Waals surface area contributed by atoms with Crippen molar-refractivity contribution < 1.29 is 23.5 Å². The summed E-state index contributed by atoms with van der Waals surface area (Å²) < 4.78 is 18.5. The largest absolute Gasteiger partial charge is 0.460 e. The molecule has 1 unspecified atom stereocenters. The molecule has 0 N–H and O–H groups in total. The second-order valence-electron chi connectivity index (χ2n) is 15.2. The minimum atomic E-state index is -0.203. The lowest BCUT2D eigenvalue weighted by Gasteiger charge is -2.23. The normalized spacial score (nSPS) is 12.5. The van der Waals surface area contributed by atoms with Gasteiger partial charge in [-0.25, -0.2) is 0 Å². The zero-order valence-corrected chi connectivity index (χ0v) is 32.2. The molecular weight excluding hydrogens is 570 g/mol. The summed E-state index contributed by atoms with van der Waals surface area (Å²) in [4.78, 5) is 12.5. The fraction of sp³-hybridized carbons (Fsp3) is 0.976. The van der Waals surface area contributed by atoms with Crippen molar-refractivity contribution in [1.29, 1.82) is 0 Å². The van der Waals surface area contributed by atoms with E-state index in [9.17, 15) is 4.79 Å². The molecule has 0 fully saturated rings. The Balaban J connectivity index is 3.94. The van der Waals surface area contributed by atoms with Crippen LogP contribution in [-0.4, -0.2) is 70.7 Å². The van der Waals surface area contributed by atoms with Gasteiger partial charge in [0.25, 0.3) is 0 Å². The Morgan fingerprint density at radius 2 is 0.826 bits per heavy atom. The molecule has 0 aromatic heterocycles. The second-order valence-corrected chi connectivity index (χ2v) is 15.2. The molecule has 0 aliphatic heterocycles. The van der Waals surface area contributed by atoms with E-state index in [-0.39, 0.29) is 18.5 Å². The van der Waals surface area contributed by atoms with E-state index in [0.717, 1.165) is 30.5 Å². The molecule has 0 saturated heterocycles. The highest BCUT2D eigenvalue weighted by Crippen LogP contribution is 2.15. The SMILES string of the molecule is CCCCCCCCCCCCCCCCOCC(CC(=O)OCC[N+](C)(C)C)OCCCCCCCCCCCCCCCC. The van der Waals surface area contributed by atoms with E-state index in [2.05, 4.69) is 35.0 Å². The van der Waals surface area contributed by atoms with Crippen molar-refractivity contribution in [2.75, 3.05) is 54.1 Å². The number of likely N-dealkylation sites (N-methyl/N-ethyl adjacent to an activating group) is 1. The molecule has 0 rings (SSSR count). The second kappa shape index (κ2) is 35.7. The zero-order chi connectivity index (χ0) is 33.8. The van der Waals surface area contributed by atoms with Gasteiger partial charge >= 0.3 is 5.97 Å². The summed E-state index contributed by atoms with van der Waals surface area (Å²) in [5.41, 5.74) is 0. The monoisotopic (exact) mass is 655 g/mol. The average molecular weight is 655 g/mol. The molecule has 0 aromatic carbocycles. The number of rotatable bonds is 38. The number of hydrogen-bond acceptors (Lipinski definition) is 4. The maximum atomic E-state index is 12.5. The number of hydrogen-bond donors (Lipinski definition) is 0. The summed E-state index contributed by atoms with van der Waals surface area (Å²) in [5, 5.41) is 0. The fourth-order valence-corrected chi connectivity index (χ4v) is 6.00. The summed E-state index contributed by atoms with van der Waals surface area (Å²) in [6.45, 7) is 7.79. The lowest BCUT2D eigenvalue weighted by molar-refractivity contribution is -0.870. The minimum Gasteiger partial charge on any atom is -0.460 e. The first-order chi connectivity index (χ1) is 22.4. The highest BCUT2D eigenvalue weighted by atomic mass is 16.5. The van der Waals surface area contributed by atoms with Crippen LogP contribution in [0, 0.1) is 0 Å². The van der Waals surface area contributed by atoms with E-state index in [1.807, 2.05) is 0 Å². The number of ether oxygens (including phenoxy) is 3. The summed E-state index contributed by atoms with van der Waals surface area (Å²) in [6.07, 6.45) is 38.1. The Morgan fingerprint density at radius 3 is 1.20 bits per heavy atom. The van der Waals surface area contributed by atoms with Gasteiger partial charge in [0.1, 0.15) is 13.2 Å². The number of carbonyl (C=O) groups is 1. The number of quaternary nitrogens is 1. The van der Waals surface area contributed by atoms with E-state index in [1.165, 1.54) is 167 Å². The average Bonchev–Trinajstić information content (AvgIpc) is 3.01. The van der Waals surface area contributed by atoms with Crippen LogP contribution in [-0.2, 0) is 19.0 Å². The number of nitrogens with zero attached hydrogens (tertiary/aromatic N) is 1. The molecule has 0 aliphatic rings. The molecule has 276 valence electrons. The molecule has 0 amide bonds. The van der Waals surface area contributed by atoms with Crippen molar-refractivity contribution >= 4 is 5.97 Å². The Hall–Kier alpha value is -0.650. The Bertz CT molecular complexity index is 606. The van der Waals surface area contributed by atoms with Crippen LogP contribution in [0.25, 0.3) is 0 Å². The van der Waals surface area contributed by atoms with Gasteiger partial charge in [-0.15, -0.1) is 0 Å². The van der Waals surface area contributed by atoms with E-state index in [0.29, 0.717) is 19.8 Å². The molecule has 0 aliphatic carbocycles. The molecule has 0 bridgehead atoms. The van der Waals surface area contributed by atoms with Crippen LogP contribution in [0.15, 0.2) is 0 Å². The van der Waals surface area contributed by atoms with Gasteiger partial charge in [-0.3, -0.25) is 4.79 Å². The molecule has 46 heavy (non-hydrogen) atoms. The summed E-state index contributed by atoms with van der Waals surface area (Å²) >= 11 is 0. The fourth-order valence-electron chi connectivity index (χ4n) is 6.00. The van der Waals surface area contributed by atoms with Gasteiger partial charge in [-0.1, -0.05) is 181 Å². The smallest absolute Gasteiger partial charge is 0.308 e. The van der Waals surface area contributed by atoms with Crippen LogP contribution >= 0.6 is 0 Å². The zero-order valence-electron chi connectivity index (χ0n) is 32.2. The molecule has 5 nitrogen and oxygen atoms in total. The van der Waals surface area contributed by atoms with Gasteiger partial charge in [0, 0.05) is 13.2 Å². The van der Waals surface area contributed by atoms with E-state index in [1.54, 1.807) is 0 Å². The molecule has 1 atom stereocenters. The first kappa shape index (κ1) is 45.3. The third kappa shape index (κ3) is 37.8. The highest BCUT2D eigenvalue weighted by Gasteiger charge is 2.17. The van der Waals surface area contributed by atoms with E-state index >= 15 is 0 Å². The molecule has 0 heterocycles. The van der Waals surface area contributed by atoms with Crippen molar-refractivity contribution in [2.24, 2.45) is 0 Å². The minimum absolute atomic E-state index is 0.167. The van der Waals surface area contributed by atoms with Crippen molar-refractivity contribution in [3.05, 3.63) is 0 Å². The van der Waals surface area contributed by atoms with Crippen LogP contribution in [0.3, 0.4) is 0 Å². The van der Waals surface area contributed by atoms with Crippen molar-refractivity contribution in [3.63, 3.8) is 0 Å². The van der Waals surface area contributed by atoms with Crippen LogP contribution < -0.4 is 0 Å². The Morgan fingerprint density at radius 1 is 0.478 bits per heavy atom. The molecular formula is C41H84NO4+. The highest BCUT2D eigenvalue weighted by molar-refractivity contribution is 5.69. The van der Waals surface area contributed by atoms with E-state index < -0.39 is 0 Å². The first-order valence-corrected chi connectivity index (χ1v) is 20.5. The standard InChI is InChI=1S/C41H84NO4/c1-6-8-10-12-14-16-18-20-22-24-26-28-30-32-35-44-39-40(38-41(43)46-37-34-42(3,4)5)45-36-33-31-29-27-25-23-21-19-17-15-13-11-9-7-2/h40H,6-39H2,1-5H3/q+1. The number of esters is 1. The first-order valence-electron chi connectivity index (χ1n) is 20.5. The van der Waals surface area contributed by atoms with Crippen molar-refractivity contribution in [3.8, 4) is 0 Å². The van der Waals surface area contributed by atoms with Crippen LogP contribution in [0.1, 0.15) is 200 Å².